The zero-order valence-corrected chi connectivity index (χ0v) is 15.9. The van der Waals surface area contributed by atoms with Crippen LogP contribution in [0.4, 0.5) is 13.2 Å². The minimum absolute atomic E-state index is 0.152. The molecule has 1 aliphatic rings. The number of carbonyl (C=O) groups is 1. The standard InChI is InChI=1S/C20H20F3N5O/c1-13-10-17(18(22)23)28-19(25-13)16(11-24-28)20(29)27-8-6-26(7-9-27)12-14-2-4-15(21)5-3-14/h2-5,10-11,18H,6-9,12H2,1H3. The second-order valence-electron chi connectivity index (χ2n) is 7.11. The van der Waals surface area contributed by atoms with Crippen molar-refractivity contribution >= 4 is 11.6 Å². The van der Waals surface area contributed by atoms with E-state index in [1.165, 1.54) is 24.4 Å². The Labute approximate surface area is 165 Å². The Bertz CT molecular complexity index is 1030. The van der Waals surface area contributed by atoms with E-state index in [4.69, 9.17) is 0 Å². The van der Waals surface area contributed by atoms with Gasteiger partial charge in [-0.15, -0.1) is 0 Å². The summed E-state index contributed by atoms with van der Waals surface area (Å²) in [5.74, 6) is -0.531. The molecule has 1 aliphatic heterocycles. The van der Waals surface area contributed by atoms with Gasteiger partial charge in [-0.2, -0.15) is 5.10 Å². The topological polar surface area (TPSA) is 53.7 Å². The number of hydrogen-bond donors (Lipinski definition) is 0. The van der Waals surface area contributed by atoms with E-state index in [0.717, 1.165) is 10.1 Å². The lowest BCUT2D eigenvalue weighted by atomic mass is 10.2. The van der Waals surface area contributed by atoms with Crippen LogP contribution in [0.5, 0.6) is 0 Å². The molecule has 1 amide bonds. The van der Waals surface area contributed by atoms with Crippen molar-refractivity contribution in [3.63, 3.8) is 0 Å². The Hall–Kier alpha value is -2.94. The van der Waals surface area contributed by atoms with Gasteiger partial charge in [0.05, 0.1) is 6.20 Å². The first-order chi connectivity index (χ1) is 13.9. The Morgan fingerprint density at radius 3 is 2.48 bits per heavy atom. The molecule has 0 N–H and O–H groups in total. The molecule has 0 atom stereocenters. The van der Waals surface area contributed by atoms with E-state index in [9.17, 15) is 18.0 Å². The van der Waals surface area contributed by atoms with E-state index in [-0.39, 0.29) is 28.6 Å². The predicted molar refractivity (Wildman–Crippen MR) is 100 cm³/mol. The molecule has 1 saturated heterocycles. The number of rotatable bonds is 4. The predicted octanol–water partition coefficient (Wildman–Crippen LogP) is 3.07. The summed E-state index contributed by atoms with van der Waals surface area (Å²) < 4.78 is 40.6. The van der Waals surface area contributed by atoms with Gasteiger partial charge in [-0.3, -0.25) is 9.69 Å². The maximum atomic E-state index is 13.3. The van der Waals surface area contributed by atoms with Crippen molar-refractivity contribution < 1.29 is 18.0 Å². The quantitative estimate of drug-likeness (QED) is 0.672. The lowest BCUT2D eigenvalue weighted by Crippen LogP contribution is -2.48. The van der Waals surface area contributed by atoms with Gasteiger partial charge in [0.15, 0.2) is 5.65 Å². The molecule has 152 valence electrons. The zero-order chi connectivity index (χ0) is 20.5. The van der Waals surface area contributed by atoms with Crippen molar-refractivity contribution in [2.45, 2.75) is 19.9 Å². The highest BCUT2D eigenvalue weighted by Crippen LogP contribution is 2.22. The maximum Gasteiger partial charge on any atom is 0.280 e. The number of alkyl halides is 2. The molecule has 3 heterocycles. The number of hydrogen-bond acceptors (Lipinski definition) is 4. The van der Waals surface area contributed by atoms with Crippen molar-refractivity contribution in [3.05, 3.63) is 64.9 Å². The second kappa shape index (κ2) is 7.82. The average Bonchev–Trinajstić information content (AvgIpc) is 3.12. The zero-order valence-electron chi connectivity index (χ0n) is 15.9. The molecule has 9 heteroatoms. The molecule has 1 aromatic carbocycles. The Morgan fingerprint density at radius 2 is 1.83 bits per heavy atom. The van der Waals surface area contributed by atoms with E-state index in [1.54, 1.807) is 24.0 Å². The third-order valence-corrected chi connectivity index (χ3v) is 5.06. The van der Waals surface area contributed by atoms with Gasteiger partial charge in [0, 0.05) is 38.4 Å². The molecule has 3 aromatic rings. The first-order valence-corrected chi connectivity index (χ1v) is 9.32. The number of nitrogens with zero attached hydrogens (tertiary/aromatic N) is 5. The highest BCUT2D eigenvalue weighted by atomic mass is 19.3. The first kappa shape index (κ1) is 19.4. The van der Waals surface area contributed by atoms with Gasteiger partial charge in [-0.1, -0.05) is 12.1 Å². The molecule has 2 aromatic heterocycles. The van der Waals surface area contributed by atoms with Crippen LogP contribution in [0.25, 0.3) is 5.65 Å². The summed E-state index contributed by atoms with van der Waals surface area (Å²) in [5, 5.41) is 3.96. The Balaban J connectivity index is 1.46. The molecule has 0 unspecified atom stereocenters. The van der Waals surface area contributed by atoms with Crippen LogP contribution in [0.1, 0.15) is 33.7 Å². The third-order valence-electron chi connectivity index (χ3n) is 5.06. The summed E-state index contributed by atoms with van der Waals surface area (Å²) in [4.78, 5) is 21.1. The molecule has 1 fully saturated rings. The van der Waals surface area contributed by atoms with Crippen molar-refractivity contribution in [1.82, 2.24) is 24.4 Å². The van der Waals surface area contributed by atoms with Crippen LogP contribution in [0, 0.1) is 12.7 Å². The molecule has 0 spiro atoms. The number of carbonyl (C=O) groups excluding carboxylic acids is 1. The fraction of sp³-hybridized carbons (Fsp3) is 0.350. The molecule has 29 heavy (non-hydrogen) atoms. The largest absolute Gasteiger partial charge is 0.336 e. The van der Waals surface area contributed by atoms with Gasteiger partial charge in [0.25, 0.3) is 12.3 Å². The fourth-order valence-corrected chi connectivity index (χ4v) is 3.55. The molecule has 6 nitrogen and oxygen atoms in total. The van der Waals surface area contributed by atoms with Crippen LogP contribution in [0.15, 0.2) is 36.5 Å². The molecular formula is C20H20F3N5O. The first-order valence-electron chi connectivity index (χ1n) is 9.32. The van der Waals surface area contributed by atoms with Gasteiger partial charge in [-0.25, -0.2) is 22.7 Å². The number of aromatic nitrogens is 3. The van der Waals surface area contributed by atoms with Crippen molar-refractivity contribution in [1.29, 1.82) is 0 Å². The number of fused-ring (bicyclic) bond motifs is 1. The molecular weight excluding hydrogens is 383 g/mol. The number of piperazine rings is 1. The minimum atomic E-state index is -2.71. The molecule has 0 aliphatic carbocycles. The number of halogens is 3. The molecule has 0 radical (unpaired) electrons. The van der Waals surface area contributed by atoms with Gasteiger partial charge in [0.2, 0.25) is 0 Å². The van der Waals surface area contributed by atoms with Gasteiger partial charge in [-0.05, 0) is 30.7 Å². The monoisotopic (exact) mass is 403 g/mol. The van der Waals surface area contributed by atoms with Crippen molar-refractivity contribution in [3.8, 4) is 0 Å². The SMILES string of the molecule is Cc1cc(C(F)F)n2ncc(C(=O)N3CCN(Cc4ccc(F)cc4)CC3)c2n1. The normalized spacial score (nSPS) is 15.4. The Morgan fingerprint density at radius 1 is 1.14 bits per heavy atom. The second-order valence-corrected chi connectivity index (χ2v) is 7.11. The van der Waals surface area contributed by atoms with Crippen LogP contribution in [-0.2, 0) is 6.54 Å². The highest BCUT2D eigenvalue weighted by Gasteiger charge is 2.26. The summed E-state index contributed by atoms with van der Waals surface area (Å²) in [6, 6.07) is 7.64. The highest BCUT2D eigenvalue weighted by molar-refractivity contribution is 5.99. The molecule has 4 rings (SSSR count). The number of benzene rings is 1. The van der Waals surface area contributed by atoms with Crippen molar-refractivity contribution in [2.24, 2.45) is 0 Å². The van der Waals surface area contributed by atoms with E-state index in [0.29, 0.717) is 38.4 Å². The summed E-state index contributed by atoms with van der Waals surface area (Å²) in [5.41, 5.74) is 1.51. The lowest BCUT2D eigenvalue weighted by Gasteiger charge is -2.34. The minimum Gasteiger partial charge on any atom is -0.336 e. The average molecular weight is 403 g/mol. The maximum absolute atomic E-state index is 13.3. The van der Waals surface area contributed by atoms with Gasteiger partial charge >= 0.3 is 0 Å². The van der Waals surface area contributed by atoms with Crippen LogP contribution in [0.3, 0.4) is 0 Å². The van der Waals surface area contributed by atoms with Gasteiger partial charge in [0.1, 0.15) is 17.1 Å². The van der Waals surface area contributed by atoms with E-state index < -0.39 is 6.43 Å². The summed E-state index contributed by atoms with van der Waals surface area (Å²) in [6.45, 7) is 4.63. The fourth-order valence-electron chi connectivity index (χ4n) is 3.55. The van der Waals surface area contributed by atoms with Crippen molar-refractivity contribution in [2.75, 3.05) is 26.2 Å². The van der Waals surface area contributed by atoms with E-state index in [1.807, 2.05) is 0 Å². The van der Waals surface area contributed by atoms with Crippen LogP contribution >= 0.6 is 0 Å². The summed E-state index contributed by atoms with van der Waals surface area (Å²) >= 11 is 0. The summed E-state index contributed by atoms with van der Waals surface area (Å²) in [7, 11) is 0. The number of amides is 1. The van der Waals surface area contributed by atoms with E-state index >= 15 is 0 Å². The molecule has 0 saturated carbocycles. The van der Waals surface area contributed by atoms with Crippen LogP contribution in [0.2, 0.25) is 0 Å². The number of aryl methyl sites for hydroxylation is 1. The van der Waals surface area contributed by atoms with E-state index in [2.05, 4.69) is 15.0 Å². The summed E-state index contributed by atoms with van der Waals surface area (Å²) in [6.07, 6.45) is -1.40. The lowest BCUT2D eigenvalue weighted by molar-refractivity contribution is 0.0630. The smallest absolute Gasteiger partial charge is 0.280 e. The van der Waals surface area contributed by atoms with Crippen LogP contribution in [-0.4, -0.2) is 56.5 Å². The Kier molecular flexibility index (Phi) is 5.23. The third kappa shape index (κ3) is 3.95. The molecule has 0 bridgehead atoms. The van der Waals surface area contributed by atoms with Crippen LogP contribution < -0.4 is 0 Å². The van der Waals surface area contributed by atoms with Gasteiger partial charge < -0.3 is 4.90 Å².